The summed E-state index contributed by atoms with van der Waals surface area (Å²) in [6.07, 6.45) is -10.6. The van der Waals surface area contributed by atoms with Gasteiger partial charge in [0.1, 0.15) is 5.75 Å². The van der Waals surface area contributed by atoms with Crippen molar-refractivity contribution < 1.29 is 36.2 Å². The molecule has 1 heterocycles. The summed E-state index contributed by atoms with van der Waals surface area (Å²) in [7, 11) is 0. The van der Waals surface area contributed by atoms with Gasteiger partial charge in [0, 0.05) is 18.8 Å². The first-order valence-corrected chi connectivity index (χ1v) is 8.33. The Morgan fingerprint density at radius 2 is 1.89 bits per heavy atom. The predicted molar refractivity (Wildman–Crippen MR) is 86.3 cm³/mol. The van der Waals surface area contributed by atoms with E-state index in [1.54, 1.807) is 6.92 Å². The van der Waals surface area contributed by atoms with Gasteiger partial charge in [-0.1, -0.05) is 13.8 Å². The van der Waals surface area contributed by atoms with Crippen molar-refractivity contribution in [2.24, 2.45) is 11.3 Å². The van der Waals surface area contributed by atoms with E-state index >= 15 is 0 Å². The molecule has 3 N–H and O–H groups in total. The molecule has 1 aliphatic heterocycles. The summed E-state index contributed by atoms with van der Waals surface area (Å²) >= 11 is 0. The molecule has 0 aliphatic carbocycles. The van der Waals surface area contributed by atoms with Gasteiger partial charge in [-0.2, -0.15) is 26.3 Å². The van der Waals surface area contributed by atoms with Crippen LogP contribution in [0.4, 0.5) is 32.0 Å². The van der Waals surface area contributed by atoms with Crippen molar-refractivity contribution in [3.8, 4) is 5.75 Å². The third-order valence-corrected chi connectivity index (χ3v) is 5.11. The van der Waals surface area contributed by atoms with Gasteiger partial charge in [-0.15, -0.1) is 0 Å². The second kappa shape index (κ2) is 7.21. The van der Waals surface area contributed by atoms with Crippen LogP contribution in [-0.2, 0) is 4.79 Å². The number of phenolic OH excluding ortho intramolecular Hbond substituents is 1. The van der Waals surface area contributed by atoms with E-state index < -0.39 is 42.7 Å². The number of halogens is 6. The predicted octanol–water partition coefficient (Wildman–Crippen LogP) is 4.17. The number of amides is 1. The molecular formula is C17H20F6N2O2. The molecule has 10 heteroatoms. The normalized spacial score (nSPS) is 21.1. The zero-order valence-corrected chi connectivity index (χ0v) is 14.6. The fourth-order valence-corrected chi connectivity index (χ4v) is 3.26. The van der Waals surface area contributed by atoms with E-state index in [2.05, 4.69) is 10.6 Å². The Morgan fingerprint density at radius 3 is 2.41 bits per heavy atom. The van der Waals surface area contributed by atoms with Crippen LogP contribution in [0.1, 0.15) is 31.7 Å². The minimum atomic E-state index is -5.65. The molecule has 0 bridgehead atoms. The van der Waals surface area contributed by atoms with Crippen molar-refractivity contribution in [2.45, 2.75) is 38.5 Å². The van der Waals surface area contributed by atoms with Crippen LogP contribution in [0.15, 0.2) is 18.2 Å². The fourth-order valence-electron chi connectivity index (χ4n) is 3.26. The van der Waals surface area contributed by atoms with Gasteiger partial charge in [-0.05, 0) is 36.1 Å². The minimum absolute atomic E-state index is 0.0262. The molecule has 2 rings (SSSR count). The lowest BCUT2D eigenvalue weighted by Crippen LogP contribution is -2.57. The second-order valence-electron chi connectivity index (χ2n) is 6.72. The van der Waals surface area contributed by atoms with Crippen molar-refractivity contribution in [1.29, 1.82) is 0 Å². The van der Waals surface area contributed by atoms with E-state index in [9.17, 15) is 36.2 Å². The molecule has 1 aromatic carbocycles. The Balaban J connectivity index is 2.35. The summed E-state index contributed by atoms with van der Waals surface area (Å²) in [4.78, 5) is 12.3. The first kappa shape index (κ1) is 21.3. The van der Waals surface area contributed by atoms with Gasteiger partial charge < -0.3 is 15.7 Å². The smallest absolute Gasteiger partial charge is 0.405 e. The first-order valence-electron chi connectivity index (χ1n) is 8.33. The van der Waals surface area contributed by atoms with E-state index in [1.165, 1.54) is 18.2 Å². The van der Waals surface area contributed by atoms with Crippen LogP contribution in [0.3, 0.4) is 0 Å². The van der Waals surface area contributed by atoms with E-state index in [1.807, 2.05) is 6.92 Å². The van der Waals surface area contributed by atoms with Crippen LogP contribution in [0.5, 0.6) is 5.75 Å². The lowest BCUT2D eigenvalue weighted by atomic mass is 9.75. The maximum atomic E-state index is 13.4. The largest absolute Gasteiger partial charge is 0.508 e. The maximum absolute atomic E-state index is 13.4. The second-order valence-corrected chi connectivity index (χ2v) is 6.72. The van der Waals surface area contributed by atoms with Crippen molar-refractivity contribution in [2.75, 3.05) is 18.4 Å². The summed E-state index contributed by atoms with van der Waals surface area (Å²) in [5.74, 6) is -3.92. The zero-order chi connectivity index (χ0) is 20.6. The molecule has 1 aliphatic rings. The summed E-state index contributed by atoms with van der Waals surface area (Å²) in [6.45, 7) is 1.48. The van der Waals surface area contributed by atoms with Gasteiger partial charge in [0.25, 0.3) is 0 Å². The number of benzene rings is 1. The number of alkyl halides is 6. The highest BCUT2D eigenvalue weighted by Crippen LogP contribution is 2.56. The molecule has 1 amide bonds. The molecule has 4 nitrogen and oxygen atoms in total. The Labute approximate surface area is 151 Å². The quantitative estimate of drug-likeness (QED) is 0.527. The Hall–Kier alpha value is -1.97. The number of carbonyl (C=O) groups excluding carboxylic acids is 1. The molecule has 152 valence electrons. The molecule has 1 aromatic rings. The van der Waals surface area contributed by atoms with Crippen LogP contribution in [0.25, 0.3) is 0 Å². The van der Waals surface area contributed by atoms with E-state index in [-0.39, 0.29) is 17.4 Å². The summed E-state index contributed by atoms with van der Waals surface area (Å²) < 4.78 is 80.1. The van der Waals surface area contributed by atoms with Gasteiger partial charge >= 0.3 is 12.4 Å². The lowest BCUT2D eigenvalue weighted by Gasteiger charge is -2.37. The van der Waals surface area contributed by atoms with Crippen molar-refractivity contribution in [3.05, 3.63) is 23.8 Å². The molecule has 0 spiro atoms. The summed E-state index contributed by atoms with van der Waals surface area (Å²) in [6, 6.07) is 3.82. The van der Waals surface area contributed by atoms with Crippen LogP contribution in [0, 0.1) is 11.3 Å². The average Bonchev–Trinajstić information content (AvgIpc) is 3.02. The van der Waals surface area contributed by atoms with Crippen LogP contribution >= 0.6 is 0 Å². The molecular weight excluding hydrogens is 378 g/mol. The van der Waals surface area contributed by atoms with Crippen molar-refractivity contribution in [3.63, 3.8) is 0 Å². The minimum Gasteiger partial charge on any atom is -0.508 e. The number of nitrogens with one attached hydrogen (secondary N) is 2. The molecule has 0 radical (unpaired) electrons. The van der Waals surface area contributed by atoms with Crippen LogP contribution in [-0.4, -0.2) is 36.5 Å². The maximum Gasteiger partial charge on any atom is 0.405 e. The number of rotatable bonds is 4. The third kappa shape index (κ3) is 3.71. The number of carbonyl (C=O) groups is 1. The third-order valence-electron chi connectivity index (χ3n) is 5.11. The highest BCUT2D eigenvalue weighted by Gasteiger charge is 2.76. The average molecular weight is 398 g/mol. The SMILES string of the molecule is CCC(C)c1cc(NC(=O)C2CNCC2(C(F)(F)F)C(F)(F)F)ccc1O. The van der Waals surface area contributed by atoms with Gasteiger partial charge in [-0.25, -0.2) is 0 Å². The Morgan fingerprint density at radius 1 is 1.30 bits per heavy atom. The first-order chi connectivity index (χ1) is 12.3. The standard InChI is InChI=1S/C17H20F6N2O2/c1-3-9(2)11-6-10(4-5-13(11)26)25-14(27)12-7-24-8-15(12,16(18,19)20)17(21,22)23/h4-6,9,12,24,26H,3,7-8H2,1-2H3,(H,25,27). The van der Waals surface area contributed by atoms with Gasteiger partial charge in [-0.3, -0.25) is 4.79 Å². The highest BCUT2D eigenvalue weighted by atomic mass is 19.4. The number of hydrogen-bond acceptors (Lipinski definition) is 3. The van der Waals surface area contributed by atoms with Gasteiger partial charge in [0.05, 0.1) is 5.92 Å². The molecule has 1 saturated heterocycles. The van der Waals surface area contributed by atoms with E-state index in [4.69, 9.17) is 0 Å². The summed E-state index contributed by atoms with van der Waals surface area (Å²) in [5.41, 5.74) is -3.68. The van der Waals surface area contributed by atoms with Crippen LogP contribution in [0.2, 0.25) is 0 Å². The fraction of sp³-hybridized carbons (Fsp3) is 0.588. The topological polar surface area (TPSA) is 61.4 Å². The molecule has 2 atom stereocenters. The van der Waals surface area contributed by atoms with Crippen molar-refractivity contribution >= 4 is 11.6 Å². The summed E-state index contributed by atoms with van der Waals surface area (Å²) in [5, 5.41) is 14.0. The number of phenols is 1. The number of aromatic hydroxyl groups is 1. The molecule has 0 aromatic heterocycles. The molecule has 0 saturated carbocycles. The zero-order valence-electron chi connectivity index (χ0n) is 14.6. The van der Waals surface area contributed by atoms with Gasteiger partial charge in [0.2, 0.25) is 5.91 Å². The molecule has 1 fully saturated rings. The van der Waals surface area contributed by atoms with E-state index in [0.29, 0.717) is 12.0 Å². The number of hydrogen-bond donors (Lipinski definition) is 3. The van der Waals surface area contributed by atoms with Gasteiger partial charge in [0.15, 0.2) is 5.41 Å². The Kier molecular flexibility index (Phi) is 5.70. The van der Waals surface area contributed by atoms with E-state index in [0.717, 1.165) is 0 Å². The van der Waals surface area contributed by atoms with Crippen LogP contribution < -0.4 is 10.6 Å². The monoisotopic (exact) mass is 398 g/mol. The highest BCUT2D eigenvalue weighted by molar-refractivity contribution is 5.94. The number of anilines is 1. The molecule has 2 unspecified atom stereocenters. The Bertz CT molecular complexity index is 688. The molecule has 27 heavy (non-hydrogen) atoms. The van der Waals surface area contributed by atoms with Crippen molar-refractivity contribution in [1.82, 2.24) is 5.32 Å². The lowest BCUT2D eigenvalue weighted by molar-refractivity contribution is -0.343.